The fourth-order valence-electron chi connectivity index (χ4n) is 5.24. The predicted molar refractivity (Wildman–Crippen MR) is 102 cm³/mol. The van der Waals surface area contributed by atoms with Crippen molar-refractivity contribution in [2.75, 3.05) is 6.54 Å². The monoisotopic (exact) mass is 352 g/mol. The van der Waals surface area contributed by atoms with Crippen molar-refractivity contribution in [3.05, 3.63) is 35.7 Å². The lowest BCUT2D eigenvalue weighted by Gasteiger charge is -2.39. The number of hydrogen-bond donors (Lipinski definition) is 0. The molecule has 2 bridgehead atoms. The van der Waals surface area contributed by atoms with E-state index in [-0.39, 0.29) is 11.3 Å². The molecule has 5 heteroatoms. The van der Waals surface area contributed by atoms with Gasteiger partial charge in [-0.2, -0.15) is 5.10 Å². The van der Waals surface area contributed by atoms with Gasteiger partial charge < -0.3 is 4.90 Å². The van der Waals surface area contributed by atoms with Gasteiger partial charge in [0.25, 0.3) is 5.91 Å². The SMILES string of the molecule is Cc1nc(-c2cccc(C(=O)N3C[C@]4(C)C[C@H]3CC(C)(C)C4)c2)nn1C. The summed E-state index contributed by atoms with van der Waals surface area (Å²) in [4.78, 5) is 19.9. The van der Waals surface area contributed by atoms with E-state index in [0.29, 0.717) is 17.3 Å². The second kappa shape index (κ2) is 5.66. The van der Waals surface area contributed by atoms with Crippen LogP contribution in [0.2, 0.25) is 0 Å². The van der Waals surface area contributed by atoms with E-state index >= 15 is 0 Å². The van der Waals surface area contributed by atoms with Crippen molar-refractivity contribution < 1.29 is 4.79 Å². The summed E-state index contributed by atoms with van der Waals surface area (Å²) in [7, 11) is 1.88. The molecular formula is C21H28N4O. The number of nitrogens with zero attached hydrogens (tertiary/aromatic N) is 4. The molecule has 1 saturated carbocycles. The minimum atomic E-state index is 0.144. The maximum Gasteiger partial charge on any atom is 0.254 e. The maximum absolute atomic E-state index is 13.3. The Morgan fingerprint density at radius 3 is 2.69 bits per heavy atom. The number of amides is 1. The third-order valence-corrected chi connectivity index (χ3v) is 6.02. The summed E-state index contributed by atoms with van der Waals surface area (Å²) < 4.78 is 1.76. The molecule has 2 aliphatic rings. The van der Waals surface area contributed by atoms with E-state index in [4.69, 9.17) is 0 Å². The highest BCUT2D eigenvalue weighted by molar-refractivity contribution is 5.95. The first-order valence-electron chi connectivity index (χ1n) is 9.45. The molecule has 1 aliphatic carbocycles. The van der Waals surface area contributed by atoms with Crippen molar-refractivity contribution in [1.29, 1.82) is 0 Å². The minimum Gasteiger partial charge on any atom is -0.335 e. The first-order valence-corrected chi connectivity index (χ1v) is 9.45. The fourth-order valence-corrected chi connectivity index (χ4v) is 5.24. The van der Waals surface area contributed by atoms with E-state index in [1.54, 1.807) is 4.68 Å². The lowest BCUT2D eigenvalue weighted by atomic mass is 9.65. The number of benzene rings is 1. The lowest BCUT2D eigenvalue weighted by Crippen LogP contribution is -2.37. The molecule has 2 fully saturated rings. The Kier molecular flexibility index (Phi) is 3.76. The number of rotatable bonds is 2. The Hall–Kier alpha value is -2.17. The molecule has 5 nitrogen and oxygen atoms in total. The summed E-state index contributed by atoms with van der Waals surface area (Å²) in [5, 5.41) is 4.44. The molecule has 1 aliphatic heterocycles. The number of likely N-dealkylation sites (tertiary alicyclic amines) is 1. The highest BCUT2D eigenvalue weighted by atomic mass is 16.2. The van der Waals surface area contributed by atoms with Crippen molar-refractivity contribution in [1.82, 2.24) is 19.7 Å². The van der Waals surface area contributed by atoms with Gasteiger partial charge in [-0.1, -0.05) is 32.9 Å². The Labute approximate surface area is 155 Å². The van der Waals surface area contributed by atoms with Crippen molar-refractivity contribution in [3.8, 4) is 11.4 Å². The maximum atomic E-state index is 13.3. The van der Waals surface area contributed by atoms with Crippen molar-refractivity contribution in [3.63, 3.8) is 0 Å². The zero-order valence-electron chi connectivity index (χ0n) is 16.4. The van der Waals surface area contributed by atoms with Crippen LogP contribution in [-0.4, -0.2) is 38.2 Å². The standard InChI is InChI=1S/C21H28N4O/c1-14-22-18(23-24(14)5)15-7-6-8-16(9-15)19(26)25-13-21(4)11-17(25)10-20(2,3)12-21/h6-9,17H,10-13H2,1-5H3/t17-,21-/m1/s1. The van der Waals surface area contributed by atoms with Crippen molar-refractivity contribution in [2.45, 2.75) is 53.0 Å². The zero-order valence-corrected chi connectivity index (χ0v) is 16.4. The van der Waals surface area contributed by atoms with E-state index in [1.807, 2.05) is 38.2 Å². The predicted octanol–water partition coefficient (Wildman–Crippen LogP) is 3.83. The van der Waals surface area contributed by atoms with Gasteiger partial charge in [0.05, 0.1) is 0 Å². The summed E-state index contributed by atoms with van der Waals surface area (Å²) in [5.74, 6) is 1.68. The van der Waals surface area contributed by atoms with Gasteiger partial charge in [0.15, 0.2) is 5.82 Å². The van der Waals surface area contributed by atoms with Gasteiger partial charge in [-0.3, -0.25) is 9.48 Å². The summed E-state index contributed by atoms with van der Waals surface area (Å²) in [6.45, 7) is 9.80. The molecule has 2 heterocycles. The molecular weight excluding hydrogens is 324 g/mol. The Morgan fingerprint density at radius 1 is 1.23 bits per heavy atom. The molecule has 1 saturated heterocycles. The van der Waals surface area contributed by atoms with Gasteiger partial charge in [0, 0.05) is 30.8 Å². The highest BCUT2D eigenvalue weighted by Crippen LogP contribution is 2.52. The van der Waals surface area contributed by atoms with Crippen LogP contribution in [0.5, 0.6) is 0 Å². The summed E-state index contributed by atoms with van der Waals surface area (Å²) >= 11 is 0. The van der Waals surface area contributed by atoms with Gasteiger partial charge in [-0.15, -0.1) is 0 Å². The smallest absolute Gasteiger partial charge is 0.254 e. The number of aromatic nitrogens is 3. The Bertz CT molecular complexity index is 849. The second-order valence-corrected chi connectivity index (χ2v) is 9.33. The third kappa shape index (κ3) is 2.93. The zero-order chi connectivity index (χ0) is 18.7. The molecule has 4 rings (SSSR count). The van der Waals surface area contributed by atoms with Crippen LogP contribution in [-0.2, 0) is 7.05 Å². The lowest BCUT2D eigenvalue weighted by molar-refractivity contribution is 0.0708. The fraction of sp³-hybridized carbons (Fsp3) is 0.571. The summed E-state index contributed by atoms with van der Waals surface area (Å²) in [6.07, 6.45) is 3.41. The largest absolute Gasteiger partial charge is 0.335 e. The molecule has 26 heavy (non-hydrogen) atoms. The topological polar surface area (TPSA) is 51.0 Å². The number of aryl methyl sites for hydroxylation is 2. The minimum absolute atomic E-state index is 0.144. The van der Waals surface area contributed by atoms with Gasteiger partial charge in [0.2, 0.25) is 0 Å². The molecule has 1 amide bonds. The van der Waals surface area contributed by atoms with Crippen LogP contribution < -0.4 is 0 Å². The van der Waals surface area contributed by atoms with Crippen LogP contribution in [0.1, 0.15) is 56.2 Å². The number of fused-ring (bicyclic) bond motifs is 2. The third-order valence-electron chi connectivity index (χ3n) is 6.02. The highest BCUT2D eigenvalue weighted by Gasteiger charge is 2.51. The molecule has 1 aromatic heterocycles. The molecule has 2 atom stereocenters. The first-order chi connectivity index (χ1) is 12.2. The van der Waals surface area contributed by atoms with Crippen LogP contribution in [0.3, 0.4) is 0 Å². The van der Waals surface area contributed by atoms with Gasteiger partial charge in [-0.05, 0) is 49.1 Å². The summed E-state index contributed by atoms with van der Waals surface area (Å²) in [5.41, 5.74) is 2.19. The molecule has 2 aromatic rings. The molecule has 138 valence electrons. The van der Waals surface area contributed by atoms with Gasteiger partial charge in [-0.25, -0.2) is 4.98 Å². The van der Waals surface area contributed by atoms with Crippen LogP contribution in [0, 0.1) is 17.8 Å². The summed E-state index contributed by atoms with van der Waals surface area (Å²) in [6, 6.07) is 8.11. The number of carbonyl (C=O) groups is 1. The molecule has 0 spiro atoms. The first kappa shape index (κ1) is 17.3. The van der Waals surface area contributed by atoms with Crippen LogP contribution in [0.25, 0.3) is 11.4 Å². The average molecular weight is 352 g/mol. The van der Waals surface area contributed by atoms with Crippen molar-refractivity contribution >= 4 is 5.91 Å². The van der Waals surface area contributed by atoms with Crippen molar-refractivity contribution in [2.24, 2.45) is 17.9 Å². The quantitative estimate of drug-likeness (QED) is 0.825. The van der Waals surface area contributed by atoms with E-state index < -0.39 is 0 Å². The van der Waals surface area contributed by atoms with E-state index in [9.17, 15) is 4.79 Å². The second-order valence-electron chi connectivity index (χ2n) is 9.33. The number of hydrogen-bond acceptors (Lipinski definition) is 3. The molecule has 0 unspecified atom stereocenters. The number of carbonyl (C=O) groups excluding carboxylic acids is 1. The Morgan fingerprint density at radius 2 is 2.00 bits per heavy atom. The van der Waals surface area contributed by atoms with Gasteiger partial charge >= 0.3 is 0 Å². The molecule has 0 radical (unpaired) electrons. The molecule has 1 aromatic carbocycles. The van der Waals surface area contributed by atoms with Crippen LogP contribution >= 0.6 is 0 Å². The van der Waals surface area contributed by atoms with Gasteiger partial charge in [0.1, 0.15) is 5.82 Å². The molecule has 0 N–H and O–H groups in total. The van der Waals surface area contributed by atoms with Crippen LogP contribution in [0.4, 0.5) is 0 Å². The van der Waals surface area contributed by atoms with E-state index in [0.717, 1.165) is 36.3 Å². The van der Waals surface area contributed by atoms with E-state index in [2.05, 4.69) is 35.8 Å². The average Bonchev–Trinajstić information content (AvgIpc) is 3.02. The Balaban J connectivity index is 1.62. The van der Waals surface area contributed by atoms with Crippen LogP contribution in [0.15, 0.2) is 24.3 Å². The normalized spacial score (nSPS) is 27.0. The van der Waals surface area contributed by atoms with E-state index in [1.165, 1.54) is 6.42 Å².